The lowest BCUT2D eigenvalue weighted by Crippen LogP contribution is -2.34. The van der Waals surface area contributed by atoms with Gasteiger partial charge < -0.3 is 29.4 Å². The van der Waals surface area contributed by atoms with Crippen molar-refractivity contribution in [3.63, 3.8) is 0 Å². The van der Waals surface area contributed by atoms with E-state index >= 15 is 4.39 Å². The predicted octanol–water partition coefficient (Wildman–Crippen LogP) is 5.51. The summed E-state index contributed by atoms with van der Waals surface area (Å²) in [5, 5.41) is 11.9. The van der Waals surface area contributed by atoms with Gasteiger partial charge in [-0.3, -0.25) is 9.59 Å². The molecule has 0 spiro atoms. The molecular formula is C32H30FN5O4. The largest absolute Gasteiger partial charge is 0.451 e. The first-order chi connectivity index (χ1) is 20.4. The summed E-state index contributed by atoms with van der Waals surface area (Å²) < 4.78 is 29.0. The second kappa shape index (κ2) is 10.3. The number of aromatic nitrogens is 2. The molecule has 42 heavy (non-hydrogen) atoms. The van der Waals surface area contributed by atoms with Crippen LogP contribution in [0.25, 0.3) is 27.4 Å². The zero-order chi connectivity index (χ0) is 29.0. The van der Waals surface area contributed by atoms with Crippen molar-refractivity contribution in [1.82, 2.24) is 19.9 Å². The molecule has 2 aliphatic rings. The van der Waals surface area contributed by atoms with E-state index in [2.05, 4.69) is 27.7 Å². The van der Waals surface area contributed by atoms with Crippen LogP contribution in [0.3, 0.4) is 0 Å². The molecule has 1 saturated heterocycles. The number of nitrogens with one attached hydrogen (secondary N) is 2. The van der Waals surface area contributed by atoms with E-state index in [4.69, 9.17) is 9.26 Å². The van der Waals surface area contributed by atoms with Crippen LogP contribution < -0.4 is 20.8 Å². The second-order valence-corrected chi connectivity index (χ2v) is 11.1. The van der Waals surface area contributed by atoms with Gasteiger partial charge in [-0.05, 0) is 68.8 Å². The molecule has 7 rings (SSSR count). The van der Waals surface area contributed by atoms with E-state index in [1.165, 1.54) is 6.07 Å². The number of halogens is 1. The summed E-state index contributed by atoms with van der Waals surface area (Å²) in [7, 11) is 2.09. The van der Waals surface area contributed by atoms with Crippen molar-refractivity contribution in [3.05, 3.63) is 87.8 Å². The topological polar surface area (TPSA) is 102 Å². The number of hydrogen-bond acceptors (Lipinski definition) is 7. The molecule has 10 heteroatoms. The summed E-state index contributed by atoms with van der Waals surface area (Å²) in [6.45, 7) is 3.45. The third kappa shape index (κ3) is 4.48. The predicted molar refractivity (Wildman–Crippen MR) is 158 cm³/mol. The van der Waals surface area contributed by atoms with Gasteiger partial charge in [-0.2, -0.15) is 0 Å². The maximum Gasteiger partial charge on any atom is 0.256 e. The number of nitrogens with zero attached hydrogens (tertiary/aromatic N) is 3. The second-order valence-electron chi connectivity index (χ2n) is 11.1. The SMILES string of the molecule is Cc1cc(CNc2c(F)cc3c(=O)c(C(=O)NCCC4CCCN4C)cn4c3c2Oc2cc3ccccc3cc2-4)no1. The van der Waals surface area contributed by atoms with Gasteiger partial charge in [0, 0.05) is 24.8 Å². The molecule has 0 saturated carbocycles. The van der Waals surface area contributed by atoms with E-state index in [0.717, 1.165) is 36.6 Å². The van der Waals surface area contributed by atoms with Gasteiger partial charge in [-0.1, -0.05) is 29.4 Å². The van der Waals surface area contributed by atoms with Gasteiger partial charge in [-0.15, -0.1) is 0 Å². The molecule has 1 unspecified atom stereocenters. The Labute approximate surface area is 240 Å². The Balaban J connectivity index is 1.34. The third-order valence-corrected chi connectivity index (χ3v) is 8.30. The van der Waals surface area contributed by atoms with Gasteiger partial charge in [-0.25, -0.2) is 4.39 Å². The van der Waals surface area contributed by atoms with Crippen LogP contribution >= 0.6 is 0 Å². The van der Waals surface area contributed by atoms with Crippen LogP contribution in [0.15, 0.2) is 64.0 Å². The van der Waals surface area contributed by atoms with E-state index in [1.54, 1.807) is 23.8 Å². The number of amides is 1. The van der Waals surface area contributed by atoms with Crippen LogP contribution in [-0.2, 0) is 6.54 Å². The van der Waals surface area contributed by atoms with Crippen LogP contribution in [0.1, 0.15) is 41.1 Å². The molecular weight excluding hydrogens is 537 g/mol. The number of likely N-dealkylation sites (tertiary alicyclic amines) is 1. The van der Waals surface area contributed by atoms with Gasteiger partial charge >= 0.3 is 0 Å². The van der Waals surface area contributed by atoms with Gasteiger partial charge in [0.25, 0.3) is 5.91 Å². The summed E-state index contributed by atoms with van der Waals surface area (Å²) >= 11 is 0. The first-order valence-electron chi connectivity index (χ1n) is 14.1. The van der Waals surface area contributed by atoms with E-state index in [1.807, 2.05) is 36.4 Å². The highest BCUT2D eigenvalue weighted by atomic mass is 19.1. The van der Waals surface area contributed by atoms with Crippen molar-refractivity contribution in [2.24, 2.45) is 0 Å². The molecule has 0 radical (unpaired) electrons. The molecule has 2 N–H and O–H groups in total. The van der Waals surface area contributed by atoms with Crippen LogP contribution in [0.5, 0.6) is 11.5 Å². The maximum atomic E-state index is 15.7. The van der Waals surface area contributed by atoms with Crippen molar-refractivity contribution >= 4 is 33.3 Å². The number of rotatable bonds is 7. The Bertz CT molecular complexity index is 1930. The fourth-order valence-corrected chi connectivity index (χ4v) is 6.10. The lowest BCUT2D eigenvalue weighted by Gasteiger charge is -2.26. The smallest absolute Gasteiger partial charge is 0.256 e. The van der Waals surface area contributed by atoms with E-state index in [-0.39, 0.29) is 28.9 Å². The lowest BCUT2D eigenvalue weighted by atomic mass is 10.0. The number of fused-ring (bicyclic) bond motifs is 3. The van der Waals surface area contributed by atoms with Gasteiger partial charge in [0.1, 0.15) is 28.2 Å². The number of carbonyl (C=O) groups excluding carboxylic acids is 1. The number of carbonyl (C=O) groups is 1. The summed E-state index contributed by atoms with van der Waals surface area (Å²) in [5.41, 5.74) is 1.11. The van der Waals surface area contributed by atoms with Crippen LogP contribution in [-0.4, -0.2) is 46.7 Å². The number of anilines is 1. The monoisotopic (exact) mass is 567 g/mol. The van der Waals surface area contributed by atoms with Crippen molar-refractivity contribution in [1.29, 1.82) is 0 Å². The van der Waals surface area contributed by atoms with E-state index in [9.17, 15) is 9.59 Å². The molecule has 214 valence electrons. The number of hydrogen-bond donors (Lipinski definition) is 2. The average Bonchev–Trinajstić information content (AvgIpc) is 3.59. The van der Waals surface area contributed by atoms with Crippen LogP contribution in [0, 0.1) is 12.7 Å². The number of pyridine rings is 1. The number of ether oxygens (including phenoxy) is 1. The fraction of sp³-hybridized carbons (Fsp3) is 0.281. The first-order valence-corrected chi connectivity index (χ1v) is 14.1. The summed E-state index contributed by atoms with van der Waals surface area (Å²) in [4.78, 5) is 29.4. The summed E-state index contributed by atoms with van der Waals surface area (Å²) in [6.07, 6.45) is 4.58. The molecule has 2 aromatic heterocycles. The molecule has 9 nitrogen and oxygen atoms in total. The normalized spacial score (nSPS) is 16.0. The molecule has 2 aliphatic heterocycles. The minimum absolute atomic E-state index is 0.0487. The van der Waals surface area contributed by atoms with Crippen molar-refractivity contribution < 1.29 is 18.4 Å². The zero-order valence-corrected chi connectivity index (χ0v) is 23.4. The maximum absolute atomic E-state index is 15.7. The van der Waals surface area contributed by atoms with Crippen LogP contribution in [0.4, 0.5) is 10.1 Å². The quantitative estimate of drug-likeness (QED) is 0.262. The van der Waals surface area contributed by atoms with Gasteiger partial charge in [0.15, 0.2) is 17.3 Å². The Morgan fingerprint density at radius 3 is 2.71 bits per heavy atom. The molecule has 0 bridgehead atoms. The molecule has 3 aromatic carbocycles. The van der Waals surface area contributed by atoms with E-state index in [0.29, 0.717) is 41.0 Å². The molecule has 4 heterocycles. The van der Waals surface area contributed by atoms with Crippen LogP contribution in [0.2, 0.25) is 0 Å². The van der Waals surface area contributed by atoms with Crippen molar-refractivity contribution in [3.8, 4) is 17.2 Å². The Morgan fingerprint density at radius 1 is 1.17 bits per heavy atom. The minimum Gasteiger partial charge on any atom is -0.451 e. The fourth-order valence-electron chi connectivity index (χ4n) is 6.10. The standard InChI is InChI=1S/C32H30FN5O4/c1-18-12-21(36-42-18)16-35-28-25(33)15-23-29-31(28)41-27-14-20-7-4-3-6-19(20)13-26(27)38(29)17-24(30(23)39)32(40)34-10-9-22-8-5-11-37(22)2/h3-4,6-7,12-15,17,22,35H,5,8-11,16H2,1-2H3,(H,34,40). The first kappa shape index (κ1) is 26.2. The van der Waals surface area contributed by atoms with Gasteiger partial charge in [0.2, 0.25) is 5.43 Å². The highest BCUT2D eigenvalue weighted by molar-refractivity contribution is 6.02. The molecule has 5 aromatic rings. The minimum atomic E-state index is -0.674. The van der Waals surface area contributed by atoms with Crippen molar-refractivity contribution in [2.45, 2.75) is 38.8 Å². The van der Waals surface area contributed by atoms with Crippen molar-refractivity contribution in [2.75, 3.05) is 25.5 Å². The average molecular weight is 568 g/mol. The van der Waals surface area contributed by atoms with E-state index < -0.39 is 17.2 Å². The zero-order valence-electron chi connectivity index (χ0n) is 23.4. The highest BCUT2D eigenvalue weighted by Gasteiger charge is 2.29. The summed E-state index contributed by atoms with van der Waals surface area (Å²) in [5.74, 6) is 0.131. The molecule has 1 fully saturated rings. The lowest BCUT2D eigenvalue weighted by molar-refractivity contribution is 0.0949. The summed E-state index contributed by atoms with van der Waals surface area (Å²) in [6, 6.07) is 15.0. The Hall–Kier alpha value is -4.70. The number of benzene rings is 3. The molecule has 0 aliphatic carbocycles. The number of aryl methyl sites for hydroxylation is 1. The highest BCUT2D eigenvalue weighted by Crippen LogP contribution is 2.46. The Morgan fingerprint density at radius 2 is 1.98 bits per heavy atom. The van der Waals surface area contributed by atoms with Gasteiger partial charge in [0.05, 0.1) is 17.6 Å². The molecule has 1 amide bonds. The Kier molecular flexibility index (Phi) is 6.42. The third-order valence-electron chi connectivity index (χ3n) is 8.30. The molecule has 1 atom stereocenters.